The van der Waals surface area contributed by atoms with Gasteiger partial charge in [-0.05, 0) is 38.5 Å². The predicted molar refractivity (Wildman–Crippen MR) is 61.9 cm³/mol. The van der Waals surface area contributed by atoms with Gasteiger partial charge < -0.3 is 0 Å². The van der Waals surface area contributed by atoms with E-state index in [-0.39, 0.29) is 0 Å². The van der Waals surface area contributed by atoms with Gasteiger partial charge in [0.25, 0.3) is 0 Å². The quantitative estimate of drug-likeness (QED) is 0.375. The zero-order chi connectivity index (χ0) is 9.78. The van der Waals surface area contributed by atoms with E-state index in [1.165, 1.54) is 25.7 Å². The first-order chi connectivity index (χ1) is 6.41. The minimum absolute atomic E-state index is 1.14. The van der Waals surface area contributed by atoms with Crippen LogP contribution in [0.2, 0.25) is 0 Å². The van der Waals surface area contributed by atoms with Gasteiger partial charge in [0.1, 0.15) is 0 Å². The average molecular weight is 178 g/mol. The normalized spacial score (nSPS) is 11.5. The fourth-order valence-electron chi connectivity index (χ4n) is 1.09. The molecule has 0 aliphatic carbocycles. The lowest BCUT2D eigenvalue weighted by atomic mass is 10.2. The van der Waals surface area contributed by atoms with E-state index >= 15 is 0 Å². The second kappa shape index (κ2) is 11.2. The van der Waals surface area contributed by atoms with Crippen molar-refractivity contribution in [3.8, 4) is 0 Å². The first kappa shape index (κ1) is 12.2. The Hall–Kier alpha value is -0.780. The first-order valence-electron chi connectivity index (χ1n) is 5.32. The van der Waals surface area contributed by atoms with Gasteiger partial charge in [-0.15, -0.1) is 6.58 Å². The molecule has 0 amide bonds. The SMILES string of the molecule is C=CCCCC=CCCC=CCC. The van der Waals surface area contributed by atoms with Crippen molar-refractivity contribution in [3.05, 3.63) is 37.0 Å². The number of hydrogen-bond donors (Lipinski definition) is 0. The molecular formula is C13H22. The molecule has 74 valence electrons. The fourth-order valence-corrected chi connectivity index (χ4v) is 1.09. The lowest BCUT2D eigenvalue weighted by molar-refractivity contribution is 0.864. The second-order valence-electron chi connectivity index (χ2n) is 3.15. The van der Waals surface area contributed by atoms with Gasteiger partial charge in [0.05, 0.1) is 0 Å². The van der Waals surface area contributed by atoms with Crippen molar-refractivity contribution in [2.45, 2.75) is 45.4 Å². The van der Waals surface area contributed by atoms with Crippen molar-refractivity contribution < 1.29 is 0 Å². The van der Waals surface area contributed by atoms with Gasteiger partial charge in [0.15, 0.2) is 0 Å². The Morgan fingerprint density at radius 1 is 0.846 bits per heavy atom. The first-order valence-corrected chi connectivity index (χ1v) is 5.32. The van der Waals surface area contributed by atoms with Crippen LogP contribution in [0.4, 0.5) is 0 Å². The molecule has 0 heterocycles. The summed E-state index contributed by atoms with van der Waals surface area (Å²) in [5.41, 5.74) is 0. The molecule has 0 saturated carbocycles. The third kappa shape index (κ3) is 11.2. The van der Waals surface area contributed by atoms with Crippen molar-refractivity contribution in [1.29, 1.82) is 0 Å². The van der Waals surface area contributed by atoms with Crippen molar-refractivity contribution in [3.63, 3.8) is 0 Å². The summed E-state index contributed by atoms with van der Waals surface area (Å²) in [6.07, 6.45) is 18.1. The van der Waals surface area contributed by atoms with Crippen LogP contribution in [-0.4, -0.2) is 0 Å². The highest BCUT2D eigenvalue weighted by molar-refractivity contribution is 4.87. The van der Waals surface area contributed by atoms with E-state index in [1.807, 2.05) is 6.08 Å². The lowest BCUT2D eigenvalue weighted by Crippen LogP contribution is -1.69. The van der Waals surface area contributed by atoms with Crippen LogP contribution in [0.1, 0.15) is 45.4 Å². The van der Waals surface area contributed by atoms with Crippen molar-refractivity contribution >= 4 is 0 Å². The molecule has 13 heavy (non-hydrogen) atoms. The van der Waals surface area contributed by atoms with E-state index in [9.17, 15) is 0 Å². The molecule has 0 fully saturated rings. The Kier molecular flexibility index (Phi) is 10.5. The zero-order valence-corrected chi connectivity index (χ0v) is 8.84. The van der Waals surface area contributed by atoms with Crippen molar-refractivity contribution in [2.75, 3.05) is 0 Å². The summed E-state index contributed by atoms with van der Waals surface area (Å²) in [6, 6.07) is 0. The minimum Gasteiger partial charge on any atom is -0.103 e. The van der Waals surface area contributed by atoms with Crippen LogP contribution in [0.15, 0.2) is 37.0 Å². The highest BCUT2D eigenvalue weighted by Gasteiger charge is 1.79. The van der Waals surface area contributed by atoms with Gasteiger partial charge in [0, 0.05) is 0 Å². The maximum Gasteiger partial charge on any atom is -0.0316 e. The topological polar surface area (TPSA) is 0 Å². The van der Waals surface area contributed by atoms with E-state index in [0.29, 0.717) is 0 Å². The fraction of sp³-hybridized carbons (Fsp3) is 0.538. The molecule has 0 aliphatic heterocycles. The predicted octanol–water partition coefficient (Wildman–Crippen LogP) is 4.65. The van der Waals surface area contributed by atoms with E-state index in [2.05, 4.69) is 37.8 Å². The van der Waals surface area contributed by atoms with Gasteiger partial charge in [-0.25, -0.2) is 0 Å². The second-order valence-corrected chi connectivity index (χ2v) is 3.15. The van der Waals surface area contributed by atoms with Crippen LogP contribution in [-0.2, 0) is 0 Å². The average Bonchev–Trinajstić information content (AvgIpc) is 2.16. The van der Waals surface area contributed by atoms with E-state index < -0.39 is 0 Å². The molecule has 0 atom stereocenters. The molecule has 0 bridgehead atoms. The number of rotatable bonds is 8. The molecule has 0 radical (unpaired) electrons. The monoisotopic (exact) mass is 178 g/mol. The molecule has 0 aromatic carbocycles. The Balaban J connectivity index is 3.12. The summed E-state index contributed by atoms with van der Waals surface area (Å²) >= 11 is 0. The molecule has 0 heteroatoms. The highest BCUT2D eigenvalue weighted by atomic mass is 13.9. The minimum atomic E-state index is 1.14. The Labute approximate surface area is 83.0 Å². The van der Waals surface area contributed by atoms with Gasteiger partial charge in [-0.3, -0.25) is 0 Å². The smallest absolute Gasteiger partial charge is 0.0316 e. The molecule has 0 saturated heterocycles. The van der Waals surface area contributed by atoms with Crippen LogP contribution < -0.4 is 0 Å². The van der Waals surface area contributed by atoms with Crippen LogP contribution in [0.3, 0.4) is 0 Å². The molecule has 0 nitrogen and oxygen atoms in total. The zero-order valence-electron chi connectivity index (χ0n) is 8.84. The summed E-state index contributed by atoms with van der Waals surface area (Å²) < 4.78 is 0. The van der Waals surface area contributed by atoms with Crippen LogP contribution in [0.5, 0.6) is 0 Å². The van der Waals surface area contributed by atoms with E-state index in [1.54, 1.807) is 0 Å². The van der Waals surface area contributed by atoms with Crippen LogP contribution in [0, 0.1) is 0 Å². The molecule has 0 unspecified atom stereocenters. The van der Waals surface area contributed by atoms with Crippen LogP contribution in [0.25, 0.3) is 0 Å². The molecule has 0 spiro atoms. The number of allylic oxidation sites excluding steroid dienone is 5. The lowest BCUT2D eigenvalue weighted by Gasteiger charge is -1.89. The third-order valence-corrected chi connectivity index (χ3v) is 1.85. The molecular weight excluding hydrogens is 156 g/mol. The van der Waals surface area contributed by atoms with Crippen molar-refractivity contribution in [2.24, 2.45) is 0 Å². The van der Waals surface area contributed by atoms with Gasteiger partial charge in [0.2, 0.25) is 0 Å². The summed E-state index contributed by atoms with van der Waals surface area (Å²) in [6.45, 7) is 5.86. The standard InChI is InChI=1S/C13H22/c1-3-5-7-9-11-13-12-10-8-6-4-2/h3,6,8,11,13H,1,4-5,7,9-10,12H2,2H3. The molecule has 0 aliphatic rings. The molecule has 0 aromatic heterocycles. The third-order valence-electron chi connectivity index (χ3n) is 1.85. The summed E-state index contributed by atoms with van der Waals surface area (Å²) in [4.78, 5) is 0. The number of unbranched alkanes of at least 4 members (excludes halogenated alkanes) is 3. The van der Waals surface area contributed by atoms with Gasteiger partial charge in [-0.1, -0.05) is 37.3 Å². The van der Waals surface area contributed by atoms with E-state index in [4.69, 9.17) is 0 Å². The highest BCUT2D eigenvalue weighted by Crippen LogP contribution is 1.99. The Morgan fingerprint density at radius 3 is 2.08 bits per heavy atom. The van der Waals surface area contributed by atoms with Gasteiger partial charge in [-0.2, -0.15) is 0 Å². The largest absolute Gasteiger partial charge is 0.103 e. The molecule has 0 rings (SSSR count). The Bertz CT molecular complexity index is 151. The maximum absolute atomic E-state index is 3.70. The van der Waals surface area contributed by atoms with E-state index in [0.717, 1.165) is 12.8 Å². The summed E-state index contributed by atoms with van der Waals surface area (Å²) in [7, 11) is 0. The van der Waals surface area contributed by atoms with Crippen LogP contribution >= 0.6 is 0 Å². The maximum atomic E-state index is 3.70. The summed E-state index contributed by atoms with van der Waals surface area (Å²) in [5, 5.41) is 0. The Morgan fingerprint density at radius 2 is 1.46 bits per heavy atom. The molecule has 0 aromatic rings. The van der Waals surface area contributed by atoms with Crippen molar-refractivity contribution in [1.82, 2.24) is 0 Å². The van der Waals surface area contributed by atoms with Gasteiger partial charge >= 0.3 is 0 Å². The molecule has 0 N–H and O–H groups in total. The number of hydrogen-bond acceptors (Lipinski definition) is 0. The summed E-state index contributed by atoms with van der Waals surface area (Å²) in [5.74, 6) is 0.